The molecule has 0 radical (unpaired) electrons. The zero-order valence-corrected chi connectivity index (χ0v) is 36.2. The molecule has 0 spiro atoms. The Hall–Kier alpha value is -5.64. The van der Waals surface area contributed by atoms with Crippen molar-refractivity contribution >= 4 is 62.0 Å². The molecule has 7 aromatic carbocycles. The van der Waals surface area contributed by atoms with E-state index in [0.29, 0.717) is 24.1 Å². The van der Waals surface area contributed by atoms with Crippen LogP contribution < -0.4 is 25.6 Å². The van der Waals surface area contributed by atoms with Crippen LogP contribution in [-0.2, 0) is 5.41 Å². The first-order chi connectivity index (χ1) is 33.0. The van der Waals surface area contributed by atoms with Crippen molar-refractivity contribution < 1.29 is 15.1 Å². The summed E-state index contributed by atoms with van der Waals surface area (Å²) in [6.45, 7) is 16.7. The molecule has 0 amide bonds. The molecular weight excluding hydrogens is 729 g/mol. The van der Waals surface area contributed by atoms with Crippen LogP contribution >= 0.6 is 0 Å². The van der Waals surface area contributed by atoms with Crippen molar-refractivity contribution in [2.75, 3.05) is 4.90 Å². The third-order valence-electron chi connectivity index (χ3n) is 13.6. The monoisotopic (exact) mass is 795 g/mol. The summed E-state index contributed by atoms with van der Waals surface area (Å²) in [5, 5.41) is 4.61. The summed E-state index contributed by atoms with van der Waals surface area (Å²) in [6.07, 6.45) is 2.74. The Labute approximate surface area is 367 Å². The summed E-state index contributed by atoms with van der Waals surface area (Å²) in [6, 6.07) is 24.5. The minimum atomic E-state index is -3.31. The molecule has 2 atom stereocenters. The zero-order chi connectivity index (χ0) is 50.4. The molecular formula is C56H56N2Si. The minimum Gasteiger partial charge on any atom is -0.334 e. The number of aromatic nitrogens is 1. The van der Waals surface area contributed by atoms with E-state index < -0.39 is 37.2 Å². The topological polar surface area (TPSA) is 8.17 Å². The summed E-state index contributed by atoms with van der Waals surface area (Å²) in [5.41, 5.74) is 6.21. The summed E-state index contributed by atoms with van der Waals surface area (Å²) >= 11 is 0. The lowest BCUT2D eigenvalue weighted by atomic mass is 9.61. The maximum absolute atomic E-state index is 10.3. The summed E-state index contributed by atoms with van der Waals surface area (Å²) < 4.78 is 105. The zero-order valence-electron chi connectivity index (χ0n) is 46.2. The molecule has 1 aliphatic carbocycles. The van der Waals surface area contributed by atoms with Gasteiger partial charge in [0, 0.05) is 33.2 Å². The van der Waals surface area contributed by atoms with E-state index in [1.807, 2.05) is 26.0 Å². The average molecular weight is 796 g/mol. The van der Waals surface area contributed by atoms with E-state index in [2.05, 4.69) is 108 Å². The Kier molecular flexibility index (Phi) is 6.32. The molecule has 8 aromatic rings. The number of fused-ring (bicyclic) bond motifs is 6. The van der Waals surface area contributed by atoms with E-state index in [1.54, 1.807) is 9.47 Å². The molecule has 1 saturated carbocycles. The van der Waals surface area contributed by atoms with Gasteiger partial charge >= 0.3 is 0 Å². The molecule has 2 nitrogen and oxygen atoms in total. The summed E-state index contributed by atoms with van der Waals surface area (Å²) in [5.74, 6) is 0. The number of rotatable bonds is 6. The Balaban J connectivity index is 1.36. The normalized spacial score (nSPS) is 21.6. The van der Waals surface area contributed by atoms with Gasteiger partial charge in [0.25, 0.3) is 0 Å². The van der Waals surface area contributed by atoms with E-state index in [4.69, 9.17) is 5.48 Å². The van der Waals surface area contributed by atoms with Gasteiger partial charge in [-0.05, 0) is 130 Å². The van der Waals surface area contributed by atoms with E-state index in [1.165, 1.54) is 15.6 Å². The van der Waals surface area contributed by atoms with Gasteiger partial charge in [0.2, 0.25) is 0 Å². The molecule has 0 saturated heterocycles. The van der Waals surface area contributed by atoms with Crippen LogP contribution in [-0.4, -0.2) is 18.2 Å². The Morgan fingerprint density at radius 3 is 1.69 bits per heavy atom. The first kappa shape index (κ1) is 27.2. The van der Waals surface area contributed by atoms with Crippen molar-refractivity contribution in [3.8, 4) is 5.69 Å². The highest BCUT2D eigenvalue weighted by Crippen LogP contribution is 2.60. The third kappa shape index (κ3) is 5.65. The van der Waals surface area contributed by atoms with E-state index in [9.17, 15) is 9.60 Å². The van der Waals surface area contributed by atoms with Gasteiger partial charge in [0.15, 0.2) is 8.07 Å². The van der Waals surface area contributed by atoms with Crippen molar-refractivity contribution in [2.24, 2.45) is 0 Å². The molecule has 2 heterocycles. The average Bonchev–Trinajstić information content (AvgIpc) is 3.76. The lowest BCUT2D eigenvalue weighted by molar-refractivity contribution is 0.195. The number of anilines is 2. The molecule has 1 fully saturated rings. The van der Waals surface area contributed by atoms with Crippen LogP contribution in [0, 0.1) is 41.5 Å². The molecule has 1 aromatic heterocycles. The van der Waals surface area contributed by atoms with Crippen LogP contribution in [0.3, 0.4) is 0 Å². The number of hydrogen-bond donors (Lipinski definition) is 0. The van der Waals surface area contributed by atoms with Crippen molar-refractivity contribution in [1.82, 2.24) is 4.57 Å². The van der Waals surface area contributed by atoms with Gasteiger partial charge < -0.3 is 9.47 Å². The number of nitrogens with zero attached hydrogens (tertiary/aromatic N) is 2. The highest BCUT2D eigenvalue weighted by Gasteiger charge is 2.57. The van der Waals surface area contributed by atoms with Crippen molar-refractivity contribution in [3.63, 3.8) is 0 Å². The SMILES string of the molecule is [2H]c1c([2H])c([2H])c2c(c1[2H])N(c1c([2H])c([2H])c3c(c1[2H])c1c([2H])c([2H])c([2H])c([2H])c1n3-c1cccc([Si](c3cc(C)cc(C)c3)(c3cc(C)cc(C)c3)c3cc(C)cc(C)c3)c1)C1(C)CCCCC21C. The maximum atomic E-state index is 10.3. The molecule has 0 N–H and O–H groups in total. The van der Waals surface area contributed by atoms with E-state index >= 15 is 0 Å². The van der Waals surface area contributed by atoms with Gasteiger partial charge in [-0.3, -0.25) is 0 Å². The lowest BCUT2D eigenvalue weighted by Gasteiger charge is -2.50. The van der Waals surface area contributed by atoms with Gasteiger partial charge in [0.1, 0.15) is 0 Å². The molecule has 3 heteroatoms. The fourth-order valence-electron chi connectivity index (χ4n) is 11.1. The Morgan fingerprint density at radius 2 is 1.07 bits per heavy atom. The molecule has 294 valence electrons. The Bertz CT molecular complexity index is 3410. The molecule has 10 rings (SSSR count). The van der Waals surface area contributed by atoms with Gasteiger partial charge in [-0.25, -0.2) is 0 Å². The number of para-hydroxylation sites is 2. The van der Waals surface area contributed by atoms with Crippen molar-refractivity contribution in [1.29, 1.82) is 0 Å². The van der Waals surface area contributed by atoms with Crippen LogP contribution in [0.15, 0.2) is 145 Å². The largest absolute Gasteiger partial charge is 0.334 e. The second-order valence-electron chi connectivity index (χ2n) is 17.8. The van der Waals surface area contributed by atoms with Crippen LogP contribution in [0.5, 0.6) is 0 Å². The van der Waals surface area contributed by atoms with Crippen LogP contribution in [0.1, 0.15) is 93.6 Å². The van der Waals surface area contributed by atoms with E-state index in [0.717, 1.165) is 51.4 Å². The minimum absolute atomic E-state index is 0.0250. The second-order valence-corrected chi connectivity index (χ2v) is 21.6. The first-order valence-corrected chi connectivity index (χ1v) is 22.8. The Morgan fingerprint density at radius 1 is 0.525 bits per heavy atom. The standard InChI is InChI=1S/C56H56N2Si/c1-37-26-38(2)30-46(29-37)59(47-31-39(3)27-40(4)32-47,48-33-41(5)28-42(6)34-48)45-17-15-16-43(35-45)57-52-20-11-9-18-49(52)50-36-44(22-23-53(50)57)58-54-21-12-10-19-51(54)55(7)24-13-14-25-56(55,58)8/h9-12,15-23,26-36H,13-14,24-25H2,1-8H3/i9D,10D,11D,12D,18D,19D,20D,21D,22D,23D,36D. The quantitative estimate of drug-likeness (QED) is 0.120. The highest BCUT2D eigenvalue weighted by atomic mass is 28.3. The summed E-state index contributed by atoms with van der Waals surface area (Å²) in [4.78, 5) is 1.73. The fraction of sp³-hybridized carbons (Fsp3) is 0.250. The molecule has 0 bridgehead atoms. The molecule has 1 aliphatic heterocycles. The maximum Gasteiger partial charge on any atom is 0.179 e. The smallest absolute Gasteiger partial charge is 0.179 e. The van der Waals surface area contributed by atoms with Crippen LogP contribution in [0.25, 0.3) is 27.5 Å². The number of benzene rings is 7. The second kappa shape index (κ2) is 13.7. The molecule has 2 unspecified atom stereocenters. The molecule has 2 aliphatic rings. The van der Waals surface area contributed by atoms with Crippen molar-refractivity contribution in [3.05, 3.63) is 184 Å². The number of hydrogen-bond acceptors (Lipinski definition) is 1. The predicted molar refractivity (Wildman–Crippen MR) is 256 cm³/mol. The predicted octanol–water partition coefficient (Wildman–Crippen LogP) is 11.8. The third-order valence-corrected chi connectivity index (χ3v) is 18.2. The van der Waals surface area contributed by atoms with Gasteiger partial charge in [-0.2, -0.15) is 0 Å². The first-order valence-electron chi connectivity index (χ1n) is 26.3. The van der Waals surface area contributed by atoms with Crippen LogP contribution in [0.4, 0.5) is 11.4 Å². The van der Waals surface area contributed by atoms with Gasteiger partial charge in [-0.15, -0.1) is 0 Å². The molecule has 59 heavy (non-hydrogen) atoms. The number of aryl methyl sites for hydroxylation is 6. The van der Waals surface area contributed by atoms with E-state index in [-0.39, 0.29) is 81.5 Å². The van der Waals surface area contributed by atoms with Gasteiger partial charge in [0.05, 0.1) is 31.7 Å². The fourth-order valence-corrected chi connectivity index (χ4v) is 16.4. The highest BCUT2D eigenvalue weighted by molar-refractivity contribution is 7.20. The summed E-state index contributed by atoms with van der Waals surface area (Å²) in [7, 11) is -3.31. The van der Waals surface area contributed by atoms with Crippen LogP contribution in [0.2, 0.25) is 0 Å². The lowest BCUT2D eigenvalue weighted by Crippen LogP contribution is -2.75. The van der Waals surface area contributed by atoms with Gasteiger partial charge in [-0.1, -0.05) is 156 Å². The van der Waals surface area contributed by atoms with Crippen molar-refractivity contribution in [2.45, 2.75) is 92.0 Å².